The van der Waals surface area contributed by atoms with Crippen molar-refractivity contribution in [1.82, 2.24) is 0 Å². The van der Waals surface area contributed by atoms with Crippen LogP contribution in [0.25, 0.3) is 0 Å². The summed E-state index contributed by atoms with van der Waals surface area (Å²) in [5, 5.41) is 9.73. The van der Waals surface area contributed by atoms with Crippen LogP contribution in [0.3, 0.4) is 0 Å². The molecule has 1 saturated heterocycles. The van der Waals surface area contributed by atoms with Crippen LogP contribution in [0.4, 0.5) is 0 Å². The molecule has 3 fully saturated rings. The van der Waals surface area contributed by atoms with E-state index in [-0.39, 0.29) is 12.9 Å². The van der Waals surface area contributed by atoms with E-state index in [1.54, 1.807) is 11.1 Å². The van der Waals surface area contributed by atoms with Crippen LogP contribution in [0.2, 0.25) is 0 Å². The molecule has 3 heteroatoms. The van der Waals surface area contributed by atoms with E-state index >= 15 is 0 Å². The second kappa shape index (κ2) is 7.74. The van der Waals surface area contributed by atoms with Crippen LogP contribution in [-0.4, -0.2) is 24.6 Å². The van der Waals surface area contributed by atoms with Gasteiger partial charge in [0, 0.05) is 6.42 Å². The van der Waals surface area contributed by atoms with Gasteiger partial charge in [0.2, 0.25) is 0 Å². The van der Waals surface area contributed by atoms with Gasteiger partial charge in [-0.25, -0.2) is 0 Å². The predicted octanol–water partition coefficient (Wildman–Crippen LogP) is 5.76. The lowest BCUT2D eigenvalue weighted by molar-refractivity contribution is -0.105. The molecule has 4 aliphatic rings. The van der Waals surface area contributed by atoms with Crippen LogP contribution in [0.15, 0.2) is 29.3 Å². The van der Waals surface area contributed by atoms with E-state index in [4.69, 9.17) is 9.47 Å². The summed E-state index contributed by atoms with van der Waals surface area (Å²) in [4.78, 5) is 0. The molecule has 29 heavy (non-hydrogen) atoms. The molecule has 3 aliphatic carbocycles. The van der Waals surface area contributed by atoms with Crippen LogP contribution in [0, 0.1) is 17.3 Å². The molecule has 5 rings (SSSR count). The molecule has 158 valence electrons. The van der Waals surface area contributed by atoms with Crippen molar-refractivity contribution in [3.8, 4) is 5.75 Å². The summed E-state index contributed by atoms with van der Waals surface area (Å²) in [5.41, 5.74) is 6.20. The van der Waals surface area contributed by atoms with Crippen molar-refractivity contribution in [2.24, 2.45) is 17.3 Å². The highest BCUT2D eigenvalue weighted by Gasteiger charge is 2.52. The Bertz CT molecular complexity index is 791. The Kier molecular flexibility index (Phi) is 5.24. The van der Waals surface area contributed by atoms with Gasteiger partial charge in [-0.1, -0.05) is 18.6 Å². The number of fused-ring (bicyclic) bond motifs is 5. The molecule has 0 bridgehead atoms. The maximum absolute atomic E-state index is 9.73. The monoisotopic (exact) mass is 396 g/mol. The molecule has 1 N–H and O–H groups in total. The van der Waals surface area contributed by atoms with Gasteiger partial charge in [-0.05, 0) is 110 Å². The molecule has 0 aromatic heterocycles. The Hall–Kier alpha value is -1.32. The Morgan fingerprint density at radius 1 is 1.17 bits per heavy atom. The van der Waals surface area contributed by atoms with Gasteiger partial charge in [-0.15, -0.1) is 0 Å². The molecule has 2 saturated carbocycles. The van der Waals surface area contributed by atoms with Gasteiger partial charge in [0.05, 0.1) is 13.2 Å². The summed E-state index contributed by atoms with van der Waals surface area (Å²) in [6.07, 6.45) is 10.8. The van der Waals surface area contributed by atoms with E-state index in [1.165, 1.54) is 56.1 Å². The minimum atomic E-state index is -0.0630. The van der Waals surface area contributed by atoms with E-state index in [9.17, 15) is 5.11 Å². The molecule has 1 aromatic carbocycles. The zero-order valence-electron chi connectivity index (χ0n) is 18.1. The SMILES string of the molecule is C/C(CO)=C1/CCC2C3CCc4cc(OC5CCCCO5)ccc4C3CCC12C. The van der Waals surface area contributed by atoms with Gasteiger partial charge in [0.15, 0.2) is 6.29 Å². The van der Waals surface area contributed by atoms with Gasteiger partial charge in [0.25, 0.3) is 0 Å². The quantitative estimate of drug-likeness (QED) is 0.661. The second-order valence-corrected chi connectivity index (χ2v) is 10.1. The maximum atomic E-state index is 9.73. The lowest BCUT2D eigenvalue weighted by Crippen LogP contribution is -2.40. The fraction of sp³-hybridized carbons (Fsp3) is 0.692. The molecular formula is C26H36O3. The van der Waals surface area contributed by atoms with Crippen LogP contribution in [0.5, 0.6) is 5.75 Å². The van der Waals surface area contributed by atoms with Gasteiger partial charge in [0.1, 0.15) is 5.75 Å². The van der Waals surface area contributed by atoms with E-state index in [2.05, 4.69) is 32.0 Å². The first-order valence-corrected chi connectivity index (χ1v) is 11.8. The molecule has 3 nitrogen and oxygen atoms in total. The average molecular weight is 397 g/mol. The standard InChI is InChI=1S/C26H36O3/c1-17(16-27)23-10-11-24-22-8-6-18-15-19(29-25-5-3-4-14-28-25)7-9-20(18)21(22)12-13-26(23,24)2/h7,9,15,21-22,24-25,27H,3-6,8,10-14,16H2,1-2H3/b23-17+. The van der Waals surface area contributed by atoms with Crippen LogP contribution >= 0.6 is 0 Å². The van der Waals surface area contributed by atoms with Crippen molar-refractivity contribution in [2.45, 2.75) is 83.8 Å². The molecule has 1 heterocycles. The molecule has 5 atom stereocenters. The Labute approximate surface area is 175 Å². The highest BCUT2D eigenvalue weighted by molar-refractivity contribution is 5.41. The van der Waals surface area contributed by atoms with Gasteiger partial charge in [-0.3, -0.25) is 0 Å². The molecule has 0 amide bonds. The summed E-state index contributed by atoms with van der Waals surface area (Å²) in [7, 11) is 0. The number of aryl methyl sites for hydroxylation is 1. The number of allylic oxidation sites excluding steroid dienone is 1. The van der Waals surface area contributed by atoms with E-state index in [0.29, 0.717) is 11.3 Å². The van der Waals surface area contributed by atoms with Gasteiger partial charge < -0.3 is 14.6 Å². The summed E-state index contributed by atoms with van der Waals surface area (Å²) in [5.74, 6) is 3.25. The molecule has 0 spiro atoms. The number of aliphatic hydroxyl groups excluding tert-OH is 1. The van der Waals surface area contributed by atoms with Crippen LogP contribution in [0.1, 0.15) is 82.3 Å². The summed E-state index contributed by atoms with van der Waals surface area (Å²) in [6, 6.07) is 6.84. The summed E-state index contributed by atoms with van der Waals surface area (Å²) >= 11 is 0. The lowest BCUT2D eigenvalue weighted by atomic mass is 9.55. The van der Waals surface area contributed by atoms with Crippen LogP contribution in [-0.2, 0) is 11.2 Å². The largest absolute Gasteiger partial charge is 0.465 e. The molecule has 0 radical (unpaired) electrons. The van der Waals surface area contributed by atoms with Crippen LogP contribution < -0.4 is 4.74 Å². The molecule has 5 unspecified atom stereocenters. The lowest BCUT2D eigenvalue weighted by Gasteiger charge is -2.50. The van der Waals surface area contributed by atoms with Crippen molar-refractivity contribution >= 4 is 0 Å². The normalized spacial score (nSPS) is 38.0. The highest BCUT2D eigenvalue weighted by Crippen LogP contribution is 2.63. The number of rotatable bonds is 3. The third kappa shape index (κ3) is 3.35. The number of hydrogen-bond acceptors (Lipinski definition) is 3. The zero-order chi connectivity index (χ0) is 20.0. The van der Waals surface area contributed by atoms with Gasteiger partial charge in [-0.2, -0.15) is 0 Å². The molecule has 1 aromatic rings. The summed E-state index contributed by atoms with van der Waals surface area (Å²) in [6.45, 7) is 5.68. The van der Waals surface area contributed by atoms with E-state index < -0.39 is 0 Å². The smallest absolute Gasteiger partial charge is 0.199 e. The third-order valence-electron chi connectivity index (χ3n) is 8.64. The Morgan fingerprint density at radius 3 is 2.86 bits per heavy atom. The topological polar surface area (TPSA) is 38.7 Å². The number of benzene rings is 1. The first-order chi connectivity index (χ1) is 14.1. The molecular weight excluding hydrogens is 360 g/mol. The van der Waals surface area contributed by atoms with Crippen molar-refractivity contribution in [3.05, 3.63) is 40.5 Å². The second-order valence-electron chi connectivity index (χ2n) is 10.1. The fourth-order valence-electron chi connectivity index (χ4n) is 7.20. The number of hydrogen-bond donors (Lipinski definition) is 1. The fourth-order valence-corrected chi connectivity index (χ4v) is 7.20. The summed E-state index contributed by atoms with van der Waals surface area (Å²) < 4.78 is 11.9. The van der Waals surface area contributed by atoms with E-state index in [1.807, 2.05) is 0 Å². The zero-order valence-corrected chi connectivity index (χ0v) is 18.1. The van der Waals surface area contributed by atoms with E-state index in [0.717, 1.165) is 37.0 Å². The van der Waals surface area contributed by atoms with Crippen molar-refractivity contribution < 1.29 is 14.6 Å². The highest BCUT2D eigenvalue weighted by atomic mass is 16.7. The first-order valence-electron chi connectivity index (χ1n) is 11.8. The average Bonchev–Trinajstić information content (AvgIpc) is 3.11. The first kappa shape index (κ1) is 19.6. The minimum absolute atomic E-state index is 0.0630. The minimum Gasteiger partial charge on any atom is -0.465 e. The number of ether oxygens (including phenoxy) is 2. The Balaban J connectivity index is 1.36. The number of aliphatic hydroxyl groups is 1. The molecule has 1 aliphatic heterocycles. The maximum Gasteiger partial charge on any atom is 0.199 e. The van der Waals surface area contributed by atoms with Crippen molar-refractivity contribution in [1.29, 1.82) is 0 Å². The van der Waals surface area contributed by atoms with Crippen molar-refractivity contribution in [3.63, 3.8) is 0 Å². The van der Waals surface area contributed by atoms with Gasteiger partial charge >= 0.3 is 0 Å². The van der Waals surface area contributed by atoms with Crippen molar-refractivity contribution in [2.75, 3.05) is 13.2 Å². The predicted molar refractivity (Wildman–Crippen MR) is 115 cm³/mol. The third-order valence-corrected chi connectivity index (χ3v) is 8.64. The Morgan fingerprint density at radius 2 is 2.07 bits per heavy atom.